The van der Waals surface area contributed by atoms with Crippen molar-refractivity contribution in [3.63, 3.8) is 0 Å². The average Bonchev–Trinajstić information content (AvgIpc) is 2.82. The Hall–Kier alpha value is -2.38. The molecule has 0 spiro atoms. The molecule has 0 aromatic heterocycles. The third kappa shape index (κ3) is 5.50. The molecule has 4 rings (SSSR count). The van der Waals surface area contributed by atoms with Crippen LogP contribution in [-0.4, -0.2) is 77.9 Å². The van der Waals surface area contributed by atoms with E-state index < -0.39 is 46.9 Å². The van der Waals surface area contributed by atoms with Crippen molar-refractivity contribution < 1.29 is 27.5 Å². The van der Waals surface area contributed by atoms with Crippen LogP contribution in [0.3, 0.4) is 0 Å². The van der Waals surface area contributed by atoms with Crippen molar-refractivity contribution in [2.24, 2.45) is 5.73 Å². The fraction of sp³-hybridized carbons (Fsp3) is 0.375. The Bertz CT molecular complexity index is 1370. The minimum Gasteiger partial charge on any atom is -0.435 e. The van der Waals surface area contributed by atoms with Crippen LogP contribution >= 0.6 is 39.1 Å². The van der Waals surface area contributed by atoms with Gasteiger partial charge < -0.3 is 20.3 Å². The van der Waals surface area contributed by atoms with E-state index in [1.807, 2.05) is 13.8 Å². The maximum absolute atomic E-state index is 14.0. The molecule has 2 aliphatic rings. The first-order valence-corrected chi connectivity index (χ1v) is 14.6. The van der Waals surface area contributed by atoms with Crippen molar-refractivity contribution in [1.29, 1.82) is 0 Å². The maximum Gasteiger partial charge on any atom is 0.405 e. The van der Waals surface area contributed by atoms with E-state index in [4.69, 9.17) is 33.7 Å². The van der Waals surface area contributed by atoms with Crippen molar-refractivity contribution in [1.82, 2.24) is 14.1 Å². The van der Waals surface area contributed by atoms with E-state index >= 15 is 0 Å². The molecule has 2 aliphatic heterocycles. The zero-order valence-electron chi connectivity index (χ0n) is 20.4. The molecule has 2 aromatic carbocycles. The standard InChI is InChI=1S/C24H25BrCl2N4O6S/c1-13(2)29-12-21-30(38(35,36)20-8-7-16(26)10-17(20)27)11-19(37-24(28)34)23(33)31(21)18(22(29)32)9-14-3-5-15(25)6-4-14/h3-8,10,13,18-19,21H,9,11-12H2,1-2H3,(H2,28,34). The van der Waals surface area contributed by atoms with Crippen LogP contribution in [0.1, 0.15) is 19.4 Å². The van der Waals surface area contributed by atoms with E-state index in [9.17, 15) is 22.8 Å². The number of fused-ring (bicyclic) bond motifs is 1. The molecule has 0 saturated carbocycles. The molecule has 38 heavy (non-hydrogen) atoms. The van der Waals surface area contributed by atoms with Gasteiger partial charge in [-0.3, -0.25) is 9.59 Å². The first kappa shape index (κ1) is 28.6. The number of amides is 3. The van der Waals surface area contributed by atoms with Gasteiger partial charge in [0, 0.05) is 22.0 Å². The number of sulfonamides is 1. The number of rotatable bonds is 6. The summed E-state index contributed by atoms with van der Waals surface area (Å²) in [6.07, 6.45) is -3.79. The molecular formula is C24H25BrCl2N4O6S. The lowest BCUT2D eigenvalue weighted by Gasteiger charge is -2.53. The molecule has 3 amide bonds. The molecule has 3 unspecified atom stereocenters. The average molecular weight is 648 g/mol. The van der Waals surface area contributed by atoms with E-state index in [0.717, 1.165) is 14.3 Å². The summed E-state index contributed by atoms with van der Waals surface area (Å²) in [5.74, 6) is -1.06. The van der Waals surface area contributed by atoms with Crippen LogP contribution in [-0.2, 0) is 30.8 Å². The molecule has 2 N–H and O–H groups in total. The number of carbonyl (C=O) groups excluding carboxylic acids is 3. The second-order valence-electron chi connectivity index (χ2n) is 9.23. The highest BCUT2D eigenvalue weighted by molar-refractivity contribution is 9.10. The lowest BCUT2D eigenvalue weighted by atomic mass is 9.97. The second-order valence-corrected chi connectivity index (χ2v) is 12.9. The van der Waals surface area contributed by atoms with E-state index in [-0.39, 0.29) is 39.9 Å². The number of halogens is 3. The van der Waals surface area contributed by atoms with E-state index in [2.05, 4.69) is 15.9 Å². The number of hydrogen-bond donors (Lipinski definition) is 1. The predicted octanol–water partition coefficient (Wildman–Crippen LogP) is 3.24. The SMILES string of the molecule is CC(C)N1CC2N(C(=O)C(OC(N)=O)CN2S(=O)(=O)c2ccc(Cl)cc2Cl)C(Cc2ccc(Br)cc2)C1=O. The third-order valence-corrected chi connectivity index (χ3v) is 9.61. The van der Waals surface area contributed by atoms with Gasteiger partial charge in [0.05, 0.1) is 18.1 Å². The molecule has 10 nitrogen and oxygen atoms in total. The zero-order valence-corrected chi connectivity index (χ0v) is 24.3. The van der Waals surface area contributed by atoms with Crippen LogP contribution in [0, 0.1) is 0 Å². The van der Waals surface area contributed by atoms with Crippen LogP contribution in [0.4, 0.5) is 4.79 Å². The summed E-state index contributed by atoms with van der Waals surface area (Å²) in [4.78, 5) is 41.5. The van der Waals surface area contributed by atoms with Gasteiger partial charge in [-0.05, 0) is 49.7 Å². The molecule has 14 heteroatoms. The summed E-state index contributed by atoms with van der Waals surface area (Å²) < 4.78 is 34.8. The van der Waals surface area contributed by atoms with Gasteiger partial charge in [-0.2, -0.15) is 4.31 Å². The number of piperazine rings is 1. The highest BCUT2D eigenvalue weighted by Gasteiger charge is 2.55. The Morgan fingerprint density at radius 3 is 2.34 bits per heavy atom. The number of hydrogen-bond acceptors (Lipinski definition) is 6. The van der Waals surface area contributed by atoms with Gasteiger partial charge in [0.1, 0.15) is 17.1 Å². The molecule has 0 bridgehead atoms. The van der Waals surface area contributed by atoms with Crippen LogP contribution in [0.15, 0.2) is 51.8 Å². The number of ether oxygens (including phenoxy) is 1. The molecule has 2 fully saturated rings. The lowest BCUT2D eigenvalue weighted by molar-refractivity contribution is -0.174. The summed E-state index contributed by atoms with van der Waals surface area (Å²) in [5, 5.41) is 0.121. The Kier molecular flexibility index (Phi) is 8.29. The second kappa shape index (κ2) is 11.0. The van der Waals surface area contributed by atoms with Crippen molar-refractivity contribution >= 4 is 67.1 Å². The van der Waals surface area contributed by atoms with Crippen LogP contribution in [0.25, 0.3) is 0 Å². The maximum atomic E-state index is 14.0. The largest absolute Gasteiger partial charge is 0.435 e. The summed E-state index contributed by atoms with van der Waals surface area (Å²) >= 11 is 15.6. The van der Waals surface area contributed by atoms with Crippen molar-refractivity contribution in [2.45, 2.75) is 49.5 Å². The molecule has 0 radical (unpaired) electrons. The van der Waals surface area contributed by atoms with Gasteiger partial charge in [-0.1, -0.05) is 51.3 Å². The van der Waals surface area contributed by atoms with Crippen LogP contribution < -0.4 is 5.73 Å². The smallest absolute Gasteiger partial charge is 0.405 e. The summed E-state index contributed by atoms with van der Waals surface area (Å²) in [6.45, 7) is 3.02. The normalized spacial score (nSPS) is 22.5. The van der Waals surface area contributed by atoms with Gasteiger partial charge in [0.25, 0.3) is 5.91 Å². The number of benzene rings is 2. The number of primary amides is 1. The fourth-order valence-electron chi connectivity index (χ4n) is 4.72. The van der Waals surface area contributed by atoms with Gasteiger partial charge in [-0.15, -0.1) is 0 Å². The lowest BCUT2D eigenvalue weighted by Crippen LogP contribution is -2.75. The van der Waals surface area contributed by atoms with Gasteiger partial charge >= 0.3 is 6.09 Å². The zero-order chi connectivity index (χ0) is 27.9. The fourth-order valence-corrected chi connectivity index (χ4v) is 7.31. The highest BCUT2D eigenvalue weighted by Crippen LogP contribution is 2.35. The Morgan fingerprint density at radius 2 is 1.76 bits per heavy atom. The Balaban J connectivity index is 1.85. The molecule has 2 aromatic rings. The predicted molar refractivity (Wildman–Crippen MR) is 144 cm³/mol. The van der Waals surface area contributed by atoms with Gasteiger partial charge in [0.15, 0.2) is 6.10 Å². The van der Waals surface area contributed by atoms with E-state index in [1.165, 1.54) is 23.1 Å². The highest BCUT2D eigenvalue weighted by atomic mass is 79.9. The number of nitrogens with two attached hydrogens (primary N) is 1. The Morgan fingerprint density at radius 1 is 1.11 bits per heavy atom. The number of nitrogens with zero attached hydrogens (tertiary/aromatic N) is 3. The van der Waals surface area contributed by atoms with E-state index in [0.29, 0.717) is 0 Å². The minimum absolute atomic E-state index is 0.0905. The first-order valence-electron chi connectivity index (χ1n) is 11.6. The third-order valence-electron chi connectivity index (χ3n) is 6.50. The molecule has 2 heterocycles. The van der Waals surface area contributed by atoms with Crippen molar-refractivity contribution in [2.75, 3.05) is 13.1 Å². The summed E-state index contributed by atoms with van der Waals surface area (Å²) in [6, 6.07) is 9.79. The van der Waals surface area contributed by atoms with Crippen molar-refractivity contribution in [3.05, 3.63) is 62.5 Å². The summed E-state index contributed by atoms with van der Waals surface area (Å²) in [5.41, 5.74) is 5.95. The van der Waals surface area contributed by atoms with Gasteiger partial charge in [0.2, 0.25) is 15.9 Å². The van der Waals surface area contributed by atoms with Gasteiger partial charge in [-0.25, -0.2) is 13.2 Å². The minimum atomic E-state index is -4.37. The molecule has 0 aliphatic carbocycles. The summed E-state index contributed by atoms with van der Waals surface area (Å²) in [7, 11) is -4.37. The molecule has 3 atom stereocenters. The van der Waals surface area contributed by atoms with Crippen molar-refractivity contribution in [3.8, 4) is 0 Å². The quantitative estimate of drug-likeness (QED) is 0.512. The monoisotopic (exact) mass is 646 g/mol. The Labute approximate surface area is 238 Å². The molecule has 204 valence electrons. The molecular weight excluding hydrogens is 623 g/mol. The number of carbonyl (C=O) groups is 3. The first-order chi connectivity index (χ1) is 17.8. The topological polar surface area (TPSA) is 130 Å². The van der Waals surface area contributed by atoms with Crippen LogP contribution in [0.5, 0.6) is 0 Å². The van der Waals surface area contributed by atoms with E-state index in [1.54, 1.807) is 29.2 Å². The molecule has 2 saturated heterocycles. The van der Waals surface area contributed by atoms with Crippen LogP contribution in [0.2, 0.25) is 10.0 Å².